The van der Waals surface area contributed by atoms with Crippen molar-refractivity contribution in [2.45, 2.75) is 19.1 Å². The zero-order chi connectivity index (χ0) is 9.97. The van der Waals surface area contributed by atoms with Crippen LogP contribution in [0.25, 0.3) is 0 Å². The Morgan fingerprint density at radius 1 is 1.36 bits per heavy atom. The minimum absolute atomic E-state index is 0.106. The van der Waals surface area contributed by atoms with E-state index < -0.39 is 0 Å². The van der Waals surface area contributed by atoms with Crippen LogP contribution in [0.4, 0.5) is 0 Å². The Kier molecular flexibility index (Phi) is 2.82. The monoisotopic (exact) mass is 192 g/mol. The Labute approximate surface area is 84.4 Å². The molecule has 76 valence electrons. The molecule has 0 aliphatic carbocycles. The largest absolute Gasteiger partial charge is 0.370 e. The first-order chi connectivity index (χ1) is 6.79. The average molecular weight is 192 g/mol. The van der Waals surface area contributed by atoms with Gasteiger partial charge in [-0.1, -0.05) is 30.3 Å². The lowest BCUT2D eigenvalue weighted by Crippen LogP contribution is -2.49. The highest BCUT2D eigenvalue weighted by molar-refractivity contribution is 5.19. The van der Waals surface area contributed by atoms with Gasteiger partial charge in [0, 0.05) is 6.54 Å². The Morgan fingerprint density at radius 2 is 2.07 bits per heavy atom. The fourth-order valence-corrected chi connectivity index (χ4v) is 1.82. The lowest BCUT2D eigenvalue weighted by atomic mass is 10.0. The highest BCUT2D eigenvalue weighted by atomic mass is 16.5. The first-order valence-electron chi connectivity index (χ1n) is 4.97. The van der Waals surface area contributed by atoms with Crippen molar-refractivity contribution in [1.29, 1.82) is 0 Å². The first-order valence-corrected chi connectivity index (χ1v) is 4.97. The molecular formula is C11H16N2O. The first kappa shape index (κ1) is 9.65. The molecule has 3 heteroatoms. The summed E-state index contributed by atoms with van der Waals surface area (Å²) in [7, 11) is 0. The molecule has 0 aromatic heterocycles. The van der Waals surface area contributed by atoms with Crippen LogP contribution in [0.1, 0.15) is 18.6 Å². The third kappa shape index (κ3) is 1.80. The molecule has 14 heavy (non-hydrogen) atoms. The normalized spacial score (nSPS) is 29.0. The number of ether oxygens (including phenoxy) is 1. The van der Waals surface area contributed by atoms with Gasteiger partial charge in [0.15, 0.2) is 0 Å². The second-order valence-electron chi connectivity index (χ2n) is 3.68. The summed E-state index contributed by atoms with van der Waals surface area (Å²) >= 11 is 0. The number of hydrogen-bond donors (Lipinski definition) is 1. The van der Waals surface area contributed by atoms with Gasteiger partial charge in [-0.3, -0.25) is 5.84 Å². The van der Waals surface area contributed by atoms with Gasteiger partial charge in [0.1, 0.15) is 0 Å². The molecule has 2 atom stereocenters. The van der Waals surface area contributed by atoms with Crippen LogP contribution in [0, 0.1) is 0 Å². The molecule has 1 heterocycles. The van der Waals surface area contributed by atoms with E-state index in [0.29, 0.717) is 6.61 Å². The minimum atomic E-state index is 0.106. The van der Waals surface area contributed by atoms with Crippen LogP contribution in [0.15, 0.2) is 30.3 Å². The van der Waals surface area contributed by atoms with Crippen LogP contribution in [0.2, 0.25) is 0 Å². The van der Waals surface area contributed by atoms with E-state index in [1.807, 2.05) is 23.2 Å². The number of rotatable bonds is 1. The topological polar surface area (TPSA) is 38.5 Å². The van der Waals surface area contributed by atoms with Gasteiger partial charge >= 0.3 is 0 Å². The summed E-state index contributed by atoms with van der Waals surface area (Å²) in [5.41, 5.74) is 1.20. The number of benzene rings is 1. The Hall–Kier alpha value is -0.900. The number of morpholine rings is 1. The molecule has 3 nitrogen and oxygen atoms in total. The van der Waals surface area contributed by atoms with Gasteiger partial charge in [-0.2, -0.15) is 0 Å². The summed E-state index contributed by atoms with van der Waals surface area (Å²) in [6, 6.07) is 10.5. The molecule has 0 radical (unpaired) electrons. The standard InChI is InChI=1S/C11H16N2O/c1-9-11(14-8-7-13(9)12)10-5-3-2-4-6-10/h2-6,9,11H,7-8,12H2,1H3. The van der Waals surface area contributed by atoms with Crippen molar-refractivity contribution in [3.63, 3.8) is 0 Å². The summed E-state index contributed by atoms with van der Waals surface area (Å²) in [4.78, 5) is 0. The zero-order valence-electron chi connectivity index (χ0n) is 8.39. The molecule has 0 amide bonds. The Balaban J connectivity index is 2.17. The number of hydrogen-bond acceptors (Lipinski definition) is 3. The van der Waals surface area contributed by atoms with E-state index in [0.717, 1.165) is 6.54 Å². The van der Waals surface area contributed by atoms with Gasteiger partial charge in [0.05, 0.1) is 18.8 Å². The van der Waals surface area contributed by atoms with E-state index in [2.05, 4.69) is 19.1 Å². The van der Waals surface area contributed by atoms with Crippen LogP contribution in [-0.2, 0) is 4.74 Å². The Morgan fingerprint density at radius 3 is 2.79 bits per heavy atom. The van der Waals surface area contributed by atoms with E-state index in [1.54, 1.807) is 0 Å². The zero-order valence-corrected chi connectivity index (χ0v) is 8.39. The molecule has 0 bridgehead atoms. The number of hydrazine groups is 1. The van der Waals surface area contributed by atoms with E-state index in [1.165, 1.54) is 5.56 Å². The van der Waals surface area contributed by atoms with Gasteiger partial charge in [-0.15, -0.1) is 0 Å². The molecule has 1 aliphatic rings. The van der Waals surface area contributed by atoms with Crippen molar-refractivity contribution in [2.75, 3.05) is 13.2 Å². The van der Waals surface area contributed by atoms with Crippen molar-refractivity contribution < 1.29 is 4.74 Å². The summed E-state index contributed by atoms with van der Waals surface area (Å²) in [6.07, 6.45) is 0.106. The van der Waals surface area contributed by atoms with Crippen LogP contribution >= 0.6 is 0 Å². The molecule has 2 rings (SSSR count). The minimum Gasteiger partial charge on any atom is -0.370 e. The SMILES string of the molecule is CC1C(c2ccccc2)OCCN1N. The molecular weight excluding hydrogens is 176 g/mol. The molecule has 1 saturated heterocycles. The molecule has 2 N–H and O–H groups in total. The molecule has 1 aliphatic heterocycles. The van der Waals surface area contributed by atoms with E-state index >= 15 is 0 Å². The van der Waals surface area contributed by atoms with E-state index in [9.17, 15) is 0 Å². The third-order valence-corrected chi connectivity index (χ3v) is 2.74. The van der Waals surface area contributed by atoms with E-state index in [4.69, 9.17) is 10.6 Å². The van der Waals surface area contributed by atoms with Gasteiger partial charge in [-0.25, -0.2) is 5.01 Å². The van der Waals surface area contributed by atoms with Crippen molar-refractivity contribution in [3.8, 4) is 0 Å². The van der Waals surface area contributed by atoms with Crippen LogP contribution in [-0.4, -0.2) is 24.2 Å². The van der Waals surface area contributed by atoms with Crippen LogP contribution in [0.5, 0.6) is 0 Å². The third-order valence-electron chi connectivity index (χ3n) is 2.74. The van der Waals surface area contributed by atoms with E-state index in [-0.39, 0.29) is 12.1 Å². The summed E-state index contributed by atoms with van der Waals surface area (Å²) < 4.78 is 5.72. The second-order valence-corrected chi connectivity index (χ2v) is 3.68. The highest BCUT2D eigenvalue weighted by Crippen LogP contribution is 2.26. The lowest BCUT2D eigenvalue weighted by Gasteiger charge is -2.36. The average Bonchev–Trinajstić information content (AvgIpc) is 2.23. The fourth-order valence-electron chi connectivity index (χ4n) is 1.82. The van der Waals surface area contributed by atoms with Crippen molar-refractivity contribution in [3.05, 3.63) is 35.9 Å². The van der Waals surface area contributed by atoms with Crippen molar-refractivity contribution in [2.24, 2.45) is 5.84 Å². The van der Waals surface area contributed by atoms with Crippen LogP contribution in [0.3, 0.4) is 0 Å². The Bertz CT molecular complexity index is 289. The number of nitrogens with two attached hydrogens (primary N) is 1. The second kappa shape index (κ2) is 4.09. The molecule has 1 aromatic rings. The summed E-state index contributed by atoms with van der Waals surface area (Å²) in [5.74, 6) is 5.86. The maximum absolute atomic E-state index is 5.86. The fraction of sp³-hybridized carbons (Fsp3) is 0.455. The quantitative estimate of drug-likeness (QED) is 0.682. The van der Waals surface area contributed by atoms with Gasteiger partial charge in [0.25, 0.3) is 0 Å². The molecule has 1 aromatic carbocycles. The smallest absolute Gasteiger partial charge is 0.0991 e. The predicted molar refractivity (Wildman–Crippen MR) is 55.5 cm³/mol. The van der Waals surface area contributed by atoms with Crippen molar-refractivity contribution >= 4 is 0 Å². The molecule has 1 fully saturated rings. The highest BCUT2D eigenvalue weighted by Gasteiger charge is 2.27. The number of nitrogens with zero attached hydrogens (tertiary/aromatic N) is 1. The van der Waals surface area contributed by atoms with Gasteiger partial charge in [0.2, 0.25) is 0 Å². The molecule has 0 spiro atoms. The maximum atomic E-state index is 5.86. The summed E-state index contributed by atoms with van der Waals surface area (Å²) in [5, 5.41) is 1.85. The lowest BCUT2D eigenvalue weighted by molar-refractivity contribution is -0.0676. The maximum Gasteiger partial charge on any atom is 0.0991 e. The molecule has 2 unspecified atom stereocenters. The van der Waals surface area contributed by atoms with Gasteiger partial charge in [-0.05, 0) is 12.5 Å². The summed E-state index contributed by atoms with van der Waals surface area (Å²) in [6.45, 7) is 3.61. The van der Waals surface area contributed by atoms with Crippen LogP contribution < -0.4 is 5.84 Å². The van der Waals surface area contributed by atoms with Gasteiger partial charge < -0.3 is 4.74 Å². The predicted octanol–water partition coefficient (Wildman–Crippen LogP) is 1.32. The molecule has 0 saturated carbocycles. The van der Waals surface area contributed by atoms with Crippen molar-refractivity contribution in [1.82, 2.24) is 5.01 Å².